The zero-order valence-corrected chi connectivity index (χ0v) is 16.5. The largest absolute Gasteiger partial charge is 0.369 e. The molecular formula is C21H21N5OS. The molecule has 6 nitrogen and oxygen atoms in total. The number of benzene rings is 1. The van der Waals surface area contributed by atoms with Crippen LogP contribution >= 0.6 is 11.3 Å². The molecule has 0 saturated carbocycles. The summed E-state index contributed by atoms with van der Waals surface area (Å²) in [5, 5.41) is 12.0. The Kier molecular flexibility index (Phi) is 4.64. The van der Waals surface area contributed by atoms with Crippen molar-refractivity contribution in [1.82, 2.24) is 24.7 Å². The first-order valence-corrected chi connectivity index (χ1v) is 10.3. The molecule has 4 heterocycles. The fourth-order valence-electron chi connectivity index (χ4n) is 3.59. The Labute approximate surface area is 167 Å². The molecule has 4 aromatic rings. The summed E-state index contributed by atoms with van der Waals surface area (Å²) in [7, 11) is 0. The number of fused-ring (bicyclic) bond motifs is 1. The number of nitrogens with zero attached hydrogens (tertiary/aromatic N) is 5. The van der Waals surface area contributed by atoms with Crippen molar-refractivity contribution in [3.05, 3.63) is 70.4 Å². The Balaban J connectivity index is 1.39. The van der Waals surface area contributed by atoms with Gasteiger partial charge in [-0.25, -0.2) is 9.50 Å². The molecule has 1 atom stereocenters. The third kappa shape index (κ3) is 3.44. The van der Waals surface area contributed by atoms with Crippen LogP contribution in [0.5, 0.6) is 0 Å². The molecule has 7 heteroatoms. The molecule has 0 amide bonds. The van der Waals surface area contributed by atoms with Crippen molar-refractivity contribution in [3.8, 4) is 11.1 Å². The van der Waals surface area contributed by atoms with Crippen molar-refractivity contribution >= 4 is 16.9 Å². The van der Waals surface area contributed by atoms with Crippen LogP contribution in [0.2, 0.25) is 0 Å². The molecule has 3 aromatic heterocycles. The summed E-state index contributed by atoms with van der Waals surface area (Å²) < 4.78 is 7.89. The molecular weight excluding hydrogens is 370 g/mol. The Hall–Kier alpha value is -2.61. The first-order valence-electron chi connectivity index (χ1n) is 9.40. The van der Waals surface area contributed by atoms with Gasteiger partial charge in [-0.05, 0) is 18.6 Å². The standard InChI is InChI=1S/C21H21N5OS/c1-15-2-4-16(5-3-15)17-6-7-18-21(23-24-26(18)12-17)19-13-25(9-10-27-19)14-20-22-8-11-28-20/h2-8,11-12,19H,9-10,13-14H2,1H3/t19-/m0/s1. The van der Waals surface area contributed by atoms with E-state index >= 15 is 0 Å². The van der Waals surface area contributed by atoms with E-state index in [-0.39, 0.29) is 6.10 Å². The second-order valence-corrected chi connectivity index (χ2v) is 8.09. The van der Waals surface area contributed by atoms with Crippen molar-refractivity contribution < 1.29 is 4.74 Å². The van der Waals surface area contributed by atoms with Crippen LogP contribution in [-0.2, 0) is 11.3 Å². The molecule has 1 fully saturated rings. The minimum atomic E-state index is -0.0727. The minimum absolute atomic E-state index is 0.0727. The lowest BCUT2D eigenvalue weighted by Crippen LogP contribution is -2.38. The van der Waals surface area contributed by atoms with Crippen LogP contribution in [0.25, 0.3) is 16.6 Å². The van der Waals surface area contributed by atoms with Crippen molar-refractivity contribution in [2.24, 2.45) is 0 Å². The summed E-state index contributed by atoms with van der Waals surface area (Å²) in [6.45, 7) is 5.35. The zero-order chi connectivity index (χ0) is 18.9. The lowest BCUT2D eigenvalue weighted by molar-refractivity contribution is -0.0343. The van der Waals surface area contributed by atoms with E-state index in [1.54, 1.807) is 11.3 Å². The molecule has 0 N–H and O–H groups in total. The maximum atomic E-state index is 6.03. The summed E-state index contributed by atoms with van der Waals surface area (Å²) in [5.74, 6) is 0. The third-order valence-electron chi connectivity index (χ3n) is 5.12. The lowest BCUT2D eigenvalue weighted by atomic mass is 10.1. The molecule has 1 aromatic carbocycles. The molecule has 0 bridgehead atoms. The van der Waals surface area contributed by atoms with Gasteiger partial charge in [0.05, 0.1) is 18.7 Å². The number of aromatic nitrogens is 4. The molecule has 5 rings (SSSR count). The summed E-state index contributed by atoms with van der Waals surface area (Å²) >= 11 is 1.69. The van der Waals surface area contributed by atoms with Crippen LogP contribution in [0, 0.1) is 6.92 Å². The Bertz CT molecular complexity index is 1070. The number of aryl methyl sites for hydroxylation is 1. The van der Waals surface area contributed by atoms with Gasteiger partial charge in [0, 0.05) is 36.4 Å². The van der Waals surface area contributed by atoms with Crippen LogP contribution in [-0.4, -0.2) is 44.4 Å². The molecule has 0 spiro atoms. The second-order valence-electron chi connectivity index (χ2n) is 7.11. The molecule has 1 saturated heterocycles. The van der Waals surface area contributed by atoms with Gasteiger partial charge in [0.25, 0.3) is 0 Å². The van der Waals surface area contributed by atoms with E-state index < -0.39 is 0 Å². The summed E-state index contributed by atoms with van der Waals surface area (Å²) in [5.41, 5.74) is 5.45. The van der Waals surface area contributed by atoms with E-state index in [0.717, 1.165) is 41.4 Å². The Morgan fingerprint density at radius 3 is 2.82 bits per heavy atom. The van der Waals surface area contributed by atoms with E-state index in [1.807, 2.05) is 22.3 Å². The molecule has 28 heavy (non-hydrogen) atoms. The molecule has 0 radical (unpaired) electrons. The highest BCUT2D eigenvalue weighted by Crippen LogP contribution is 2.27. The van der Waals surface area contributed by atoms with Crippen molar-refractivity contribution in [3.63, 3.8) is 0 Å². The zero-order valence-electron chi connectivity index (χ0n) is 15.7. The van der Waals surface area contributed by atoms with Gasteiger partial charge in [-0.3, -0.25) is 4.90 Å². The lowest BCUT2D eigenvalue weighted by Gasteiger charge is -2.31. The van der Waals surface area contributed by atoms with Gasteiger partial charge >= 0.3 is 0 Å². The van der Waals surface area contributed by atoms with Crippen molar-refractivity contribution in [1.29, 1.82) is 0 Å². The number of hydrogen-bond acceptors (Lipinski definition) is 6. The van der Waals surface area contributed by atoms with Gasteiger partial charge in [-0.15, -0.1) is 16.4 Å². The maximum Gasteiger partial charge on any atom is 0.121 e. The normalized spacial score (nSPS) is 18.0. The Morgan fingerprint density at radius 1 is 1.14 bits per heavy atom. The average Bonchev–Trinajstić information content (AvgIpc) is 3.38. The SMILES string of the molecule is Cc1ccc(-c2ccc3c([C@@H]4CN(Cc5nccs5)CCO4)nnn3c2)cc1. The molecule has 142 valence electrons. The summed E-state index contributed by atoms with van der Waals surface area (Å²) in [4.78, 5) is 6.77. The van der Waals surface area contributed by atoms with E-state index in [9.17, 15) is 0 Å². The van der Waals surface area contributed by atoms with E-state index in [4.69, 9.17) is 4.74 Å². The van der Waals surface area contributed by atoms with Gasteiger partial charge in [0.15, 0.2) is 0 Å². The second kappa shape index (κ2) is 7.43. The quantitative estimate of drug-likeness (QED) is 0.530. The third-order valence-corrected chi connectivity index (χ3v) is 5.89. The number of rotatable bonds is 4. The van der Waals surface area contributed by atoms with Crippen LogP contribution < -0.4 is 0 Å². The van der Waals surface area contributed by atoms with Gasteiger partial charge in [-0.2, -0.15) is 0 Å². The average molecular weight is 392 g/mol. The van der Waals surface area contributed by atoms with Crippen molar-refractivity contribution in [2.75, 3.05) is 19.7 Å². The van der Waals surface area contributed by atoms with Gasteiger partial charge in [-0.1, -0.05) is 41.1 Å². The van der Waals surface area contributed by atoms with Gasteiger partial charge in [0.2, 0.25) is 0 Å². The number of ether oxygens (including phenoxy) is 1. The smallest absolute Gasteiger partial charge is 0.121 e. The minimum Gasteiger partial charge on any atom is -0.369 e. The first-order chi connectivity index (χ1) is 13.8. The number of morpholine rings is 1. The highest BCUT2D eigenvalue weighted by atomic mass is 32.1. The van der Waals surface area contributed by atoms with Gasteiger partial charge < -0.3 is 4.74 Å². The van der Waals surface area contributed by atoms with Crippen LogP contribution in [0.1, 0.15) is 22.4 Å². The van der Waals surface area contributed by atoms with Crippen LogP contribution in [0.4, 0.5) is 0 Å². The number of pyridine rings is 1. The molecule has 1 aliphatic rings. The predicted molar refractivity (Wildman–Crippen MR) is 109 cm³/mol. The van der Waals surface area contributed by atoms with Crippen molar-refractivity contribution in [2.45, 2.75) is 19.6 Å². The van der Waals surface area contributed by atoms with Crippen LogP contribution in [0.15, 0.2) is 54.2 Å². The number of hydrogen-bond donors (Lipinski definition) is 0. The number of thiazole rings is 1. The fraction of sp³-hybridized carbons (Fsp3) is 0.286. The molecule has 0 aliphatic carbocycles. The Morgan fingerprint density at radius 2 is 2.00 bits per heavy atom. The maximum absolute atomic E-state index is 6.03. The van der Waals surface area contributed by atoms with Crippen LogP contribution in [0.3, 0.4) is 0 Å². The van der Waals surface area contributed by atoms with E-state index in [1.165, 1.54) is 11.1 Å². The topological polar surface area (TPSA) is 55.5 Å². The van der Waals surface area contributed by atoms with E-state index in [2.05, 4.69) is 63.5 Å². The molecule has 1 aliphatic heterocycles. The first kappa shape index (κ1) is 17.5. The summed E-state index contributed by atoms with van der Waals surface area (Å²) in [6.07, 6.45) is 3.82. The predicted octanol–water partition coefficient (Wildman–Crippen LogP) is 3.73. The van der Waals surface area contributed by atoms with E-state index in [0.29, 0.717) is 6.61 Å². The van der Waals surface area contributed by atoms with Gasteiger partial charge in [0.1, 0.15) is 16.8 Å². The highest BCUT2D eigenvalue weighted by molar-refractivity contribution is 7.09. The fourth-order valence-corrected chi connectivity index (χ4v) is 4.25. The monoisotopic (exact) mass is 391 g/mol. The highest BCUT2D eigenvalue weighted by Gasteiger charge is 2.26. The molecule has 0 unspecified atom stereocenters. The summed E-state index contributed by atoms with van der Waals surface area (Å²) in [6, 6.07) is 12.7.